The number of amides is 1. The van der Waals surface area contributed by atoms with Crippen LogP contribution in [0, 0.1) is 0 Å². The predicted octanol–water partition coefficient (Wildman–Crippen LogP) is 5.19. The van der Waals surface area contributed by atoms with Crippen molar-refractivity contribution >= 4 is 45.8 Å². The number of thiazole rings is 1. The van der Waals surface area contributed by atoms with E-state index in [9.17, 15) is 22.8 Å². The summed E-state index contributed by atoms with van der Waals surface area (Å²) in [5.74, 6) is -0.177. The number of piperazine rings is 1. The van der Waals surface area contributed by atoms with Gasteiger partial charge >= 0.3 is 12.1 Å². The number of halogens is 4. The first kappa shape index (κ1) is 32.1. The van der Waals surface area contributed by atoms with Crippen molar-refractivity contribution in [2.24, 2.45) is 0 Å². The minimum absolute atomic E-state index is 0.0512. The Balaban J connectivity index is 1.30. The van der Waals surface area contributed by atoms with Crippen molar-refractivity contribution in [3.63, 3.8) is 0 Å². The number of benzene rings is 1. The van der Waals surface area contributed by atoms with E-state index < -0.39 is 17.6 Å². The number of carbonyl (C=O) groups excluding carboxylic acids is 2. The second kappa shape index (κ2) is 13.8. The van der Waals surface area contributed by atoms with Crippen LogP contribution in [0.4, 0.5) is 24.1 Å². The number of anilines is 2. The minimum atomic E-state index is -4.57. The summed E-state index contributed by atoms with van der Waals surface area (Å²) >= 11 is 7.30. The van der Waals surface area contributed by atoms with Gasteiger partial charge in [0.2, 0.25) is 0 Å². The number of likely N-dealkylation sites (tertiary alicyclic amines) is 1. The van der Waals surface area contributed by atoms with Crippen LogP contribution in [-0.4, -0.2) is 88.5 Å². The number of carbonyl (C=O) groups is 2. The maximum Gasteiger partial charge on any atom is 0.416 e. The number of hydrogen-bond donors (Lipinski definition) is 1. The van der Waals surface area contributed by atoms with Gasteiger partial charge in [-0.25, -0.2) is 15.0 Å². The highest BCUT2D eigenvalue weighted by atomic mass is 35.5. The van der Waals surface area contributed by atoms with Crippen LogP contribution in [-0.2, 0) is 22.3 Å². The molecule has 1 atom stereocenters. The van der Waals surface area contributed by atoms with Gasteiger partial charge in [-0.3, -0.25) is 24.7 Å². The summed E-state index contributed by atoms with van der Waals surface area (Å²) in [6.07, 6.45) is 0.395. The number of ether oxygens (including phenoxy) is 1. The monoisotopic (exact) mass is 651 g/mol. The number of rotatable bonds is 9. The third kappa shape index (κ3) is 7.84. The molecular weight excluding hydrogens is 619 g/mol. The molecular formula is C29H33ClF3N7O3S. The van der Waals surface area contributed by atoms with E-state index >= 15 is 0 Å². The van der Waals surface area contributed by atoms with E-state index in [1.807, 2.05) is 9.80 Å². The zero-order valence-electron chi connectivity index (χ0n) is 24.4. The van der Waals surface area contributed by atoms with E-state index in [2.05, 4.69) is 32.1 Å². The van der Waals surface area contributed by atoms with Gasteiger partial charge < -0.3 is 9.64 Å². The molecule has 10 nitrogen and oxygen atoms in total. The Morgan fingerprint density at radius 1 is 1.11 bits per heavy atom. The molecule has 15 heteroatoms. The first-order chi connectivity index (χ1) is 21.0. The molecule has 4 heterocycles. The fourth-order valence-electron chi connectivity index (χ4n) is 5.33. The molecule has 0 radical (unpaired) electrons. The van der Waals surface area contributed by atoms with Gasteiger partial charge in [0, 0.05) is 54.2 Å². The molecule has 2 saturated heterocycles. The predicted molar refractivity (Wildman–Crippen MR) is 162 cm³/mol. The van der Waals surface area contributed by atoms with Crippen LogP contribution >= 0.6 is 22.9 Å². The molecule has 0 saturated carbocycles. The number of nitrogens with one attached hydrogen (secondary N) is 1. The fraction of sp³-hybridized carbons (Fsp3) is 0.483. The van der Waals surface area contributed by atoms with E-state index in [4.69, 9.17) is 16.3 Å². The van der Waals surface area contributed by atoms with Crippen LogP contribution in [0.25, 0.3) is 11.3 Å². The highest BCUT2D eigenvalue weighted by Gasteiger charge is 2.32. The molecule has 2 aliphatic rings. The van der Waals surface area contributed by atoms with Crippen molar-refractivity contribution in [2.75, 3.05) is 56.1 Å². The Labute approximate surface area is 262 Å². The van der Waals surface area contributed by atoms with E-state index in [1.54, 1.807) is 6.92 Å². The van der Waals surface area contributed by atoms with Crippen LogP contribution in [0.2, 0.25) is 5.02 Å². The topological polar surface area (TPSA) is 104 Å². The standard InChI is InChI=1S/C29H33ClF3N7O3S/c1-3-43-25(41)17-38-7-9-39(10-8-38)24-15-34-22(14-35-24)27(42)37-28-36-26(23(44-28)16-40-6-4-5-18(40)2)19-11-20(29(31,32)33)13-21(30)12-19/h11-15,18H,3-10,16-17H2,1-2H3,(H,36,37,42)/t18-/m1/s1. The average Bonchev–Trinajstić information content (AvgIpc) is 3.58. The lowest BCUT2D eigenvalue weighted by atomic mass is 10.1. The maximum absolute atomic E-state index is 13.6. The van der Waals surface area contributed by atoms with Crippen molar-refractivity contribution < 1.29 is 27.5 Å². The molecule has 0 unspecified atom stereocenters. The van der Waals surface area contributed by atoms with Gasteiger partial charge in [0.15, 0.2) is 5.13 Å². The zero-order valence-corrected chi connectivity index (χ0v) is 25.9. The molecule has 1 amide bonds. The normalized spacial score (nSPS) is 18.0. The first-order valence-electron chi connectivity index (χ1n) is 14.4. The Morgan fingerprint density at radius 3 is 2.52 bits per heavy atom. The van der Waals surface area contributed by atoms with Gasteiger partial charge in [0.05, 0.1) is 36.8 Å². The minimum Gasteiger partial charge on any atom is -0.465 e. The van der Waals surface area contributed by atoms with Crippen molar-refractivity contribution in [1.82, 2.24) is 24.8 Å². The number of hydrogen-bond acceptors (Lipinski definition) is 10. The molecule has 2 fully saturated rings. The lowest BCUT2D eigenvalue weighted by Gasteiger charge is -2.34. The molecule has 3 aromatic rings. The second-order valence-electron chi connectivity index (χ2n) is 10.8. The number of alkyl halides is 3. The fourth-order valence-corrected chi connectivity index (χ4v) is 6.57. The van der Waals surface area contributed by atoms with Gasteiger partial charge in [0.1, 0.15) is 11.5 Å². The lowest BCUT2D eigenvalue weighted by molar-refractivity contribution is -0.144. The third-order valence-corrected chi connectivity index (χ3v) is 8.85. The molecule has 5 rings (SSSR count). The Morgan fingerprint density at radius 2 is 1.89 bits per heavy atom. The maximum atomic E-state index is 13.6. The highest BCUT2D eigenvalue weighted by Crippen LogP contribution is 2.39. The van der Waals surface area contributed by atoms with Gasteiger partial charge in [-0.1, -0.05) is 22.9 Å². The quantitative estimate of drug-likeness (QED) is 0.313. The Kier molecular flexibility index (Phi) is 10.0. The highest BCUT2D eigenvalue weighted by molar-refractivity contribution is 7.16. The van der Waals surface area contributed by atoms with E-state index in [1.165, 1.54) is 29.8 Å². The molecule has 2 aliphatic heterocycles. The van der Waals surface area contributed by atoms with Crippen LogP contribution in [0.5, 0.6) is 0 Å². The lowest BCUT2D eigenvalue weighted by Crippen LogP contribution is -2.48. The molecule has 1 aromatic carbocycles. The summed E-state index contributed by atoms with van der Waals surface area (Å²) in [5.41, 5.74) is -0.214. The van der Waals surface area contributed by atoms with Crippen LogP contribution in [0.3, 0.4) is 0 Å². The summed E-state index contributed by atoms with van der Waals surface area (Å²) in [6, 6.07) is 3.69. The zero-order chi connectivity index (χ0) is 31.4. The van der Waals surface area contributed by atoms with E-state index in [0.29, 0.717) is 56.9 Å². The van der Waals surface area contributed by atoms with Gasteiger partial charge in [-0.2, -0.15) is 13.2 Å². The van der Waals surface area contributed by atoms with Crippen molar-refractivity contribution in [3.05, 3.63) is 51.7 Å². The van der Waals surface area contributed by atoms with Gasteiger partial charge in [-0.05, 0) is 51.4 Å². The van der Waals surface area contributed by atoms with Gasteiger partial charge in [0.25, 0.3) is 5.91 Å². The smallest absolute Gasteiger partial charge is 0.416 e. The molecule has 0 spiro atoms. The van der Waals surface area contributed by atoms with Gasteiger partial charge in [-0.15, -0.1) is 0 Å². The molecule has 0 bridgehead atoms. The number of nitrogens with zero attached hydrogens (tertiary/aromatic N) is 6. The van der Waals surface area contributed by atoms with Crippen LogP contribution in [0.1, 0.15) is 47.6 Å². The van der Waals surface area contributed by atoms with Crippen LogP contribution < -0.4 is 10.2 Å². The number of esters is 1. The Hall–Kier alpha value is -3.33. The summed E-state index contributed by atoms with van der Waals surface area (Å²) in [4.78, 5) is 45.1. The largest absolute Gasteiger partial charge is 0.465 e. The van der Waals surface area contributed by atoms with Crippen molar-refractivity contribution in [1.29, 1.82) is 0 Å². The molecule has 2 aromatic heterocycles. The van der Waals surface area contributed by atoms with E-state index in [-0.39, 0.29) is 33.9 Å². The number of aromatic nitrogens is 3. The Bertz CT molecular complexity index is 1480. The summed E-state index contributed by atoms with van der Waals surface area (Å²) in [6.45, 7) is 8.42. The third-order valence-electron chi connectivity index (χ3n) is 7.68. The molecule has 236 valence electrons. The summed E-state index contributed by atoms with van der Waals surface area (Å²) in [5, 5.41) is 2.93. The molecule has 44 heavy (non-hydrogen) atoms. The average molecular weight is 652 g/mol. The summed E-state index contributed by atoms with van der Waals surface area (Å²) in [7, 11) is 0. The SMILES string of the molecule is CCOC(=O)CN1CCN(c2cnc(C(=O)Nc3nc(-c4cc(Cl)cc(C(F)(F)F)c4)c(CN4CCC[C@H]4C)s3)cn2)CC1. The summed E-state index contributed by atoms with van der Waals surface area (Å²) < 4.78 is 45.7. The van der Waals surface area contributed by atoms with Crippen molar-refractivity contribution in [3.8, 4) is 11.3 Å². The second-order valence-corrected chi connectivity index (χ2v) is 12.3. The first-order valence-corrected chi connectivity index (χ1v) is 15.6. The van der Waals surface area contributed by atoms with Crippen molar-refractivity contribution in [2.45, 2.75) is 45.5 Å². The molecule has 0 aliphatic carbocycles. The molecule has 1 N–H and O–H groups in total. The van der Waals surface area contributed by atoms with E-state index in [0.717, 1.165) is 36.4 Å². The van der Waals surface area contributed by atoms with Crippen LogP contribution in [0.15, 0.2) is 30.6 Å².